The van der Waals surface area contributed by atoms with Crippen molar-refractivity contribution in [3.8, 4) is 51.0 Å². The Morgan fingerprint density at radius 1 is 0.339 bits per heavy atom. The number of fused-ring (bicyclic) bond motifs is 13. The number of benzene rings is 10. The van der Waals surface area contributed by atoms with Gasteiger partial charge in [0.15, 0.2) is 17.2 Å². The summed E-state index contributed by atoms with van der Waals surface area (Å²) in [5, 5.41) is 11.9. The standard InChI is InChI=1S/C57H34N4O/c1-3-15-37(16-4-1)55-58-56(38-17-5-2-6-18-38)60-57(59-55)61-50-25-13-11-24-46(50)52-47(34-49-45-23-12-14-26-51(45)62-54(49)53(52)61)36-29-27-35(28-30-36)39-31-32-44-42-21-8-7-19-40(42)41-20-9-10-22-43(41)48(44)33-39/h1-34H. The third-order valence-corrected chi connectivity index (χ3v) is 12.4. The number of hydrogen-bond acceptors (Lipinski definition) is 4. The predicted octanol–water partition coefficient (Wildman–Crippen LogP) is 15.0. The number of rotatable bonds is 5. The van der Waals surface area contributed by atoms with Crippen molar-refractivity contribution in [1.29, 1.82) is 0 Å². The molecular formula is C57H34N4O. The Bertz CT molecular complexity index is 3810. The van der Waals surface area contributed by atoms with Crippen LogP contribution in [-0.4, -0.2) is 19.5 Å². The molecule has 0 saturated heterocycles. The molecule has 10 aromatic carbocycles. The van der Waals surface area contributed by atoms with E-state index in [9.17, 15) is 0 Å². The van der Waals surface area contributed by atoms with Crippen LogP contribution in [0.4, 0.5) is 0 Å². The maximum absolute atomic E-state index is 6.86. The summed E-state index contributed by atoms with van der Waals surface area (Å²) < 4.78 is 9.03. The van der Waals surface area contributed by atoms with Crippen LogP contribution in [0.2, 0.25) is 0 Å². The van der Waals surface area contributed by atoms with Gasteiger partial charge in [-0.25, -0.2) is 4.98 Å². The van der Waals surface area contributed by atoms with Crippen molar-refractivity contribution in [1.82, 2.24) is 19.5 Å². The van der Waals surface area contributed by atoms with E-state index in [0.29, 0.717) is 17.6 Å². The van der Waals surface area contributed by atoms with E-state index in [4.69, 9.17) is 19.4 Å². The van der Waals surface area contributed by atoms with Crippen LogP contribution in [0, 0.1) is 0 Å². The fourth-order valence-electron chi connectivity index (χ4n) is 9.59. The van der Waals surface area contributed by atoms with Gasteiger partial charge in [0.1, 0.15) is 11.1 Å². The van der Waals surface area contributed by atoms with Gasteiger partial charge in [-0.3, -0.25) is 4.57 Å². The molecule has 0 bridgehead atoms. The Kier molecular flexibility index (Phi) is 7.54. The molecule has 3 aromatic heterocycles. The number of para-hydroxylation sites is 2. The minimum absolute atomic E-state index is 0.523. The Morgan fingerprint density at radius 3 is 1.48 bits per heavy atom. The zero-order valence-corrected chi connectivity index (χ0v) is 33.3. The SMILES string of the molecule is c1ccc(-c2nc(-c3ccccc3)nc(-n3c4ccccc4c4c(-c5ccc(-c6ccc7c8ccccc8c8ccccc8c7c6)cc5)cc5c6ccccc6oc5c43)n2)cc1. The van der Waals surface area contributed by atoms with Crippen molar-refractivity contribution in [2.45, 2.75) is 0 Å². The summed E-state index contributed by atoms with van der Waals surface area (Å²) in [7, 11) is 0. The van der Waals surface area contributed by atoms with Gasteiger partial charge in [0.2, 0.25) is 5.95 Å². The molecule has 62 heavy (non-hydrogen) atoms. The molecule has 288 valence electrons. The van der Waals surface area contributed by atoms with E-state index in [1.807, 2.05) is 72.8 Å². The van der Waals surface area contributed by atoms with Gasteiger partial charge in [-0.1, -0.05) is 182 Å². The van der Waals surface area contributed by atoms with Gasteiger partial charge >= 0.3 is 0 Å². The molecule has 13 rings (SSSR count). The van der Waals surface area contributed by atoms with E-state index in [1.54, 1.807) is 0 Å². The molecule has 0 N–H and O–H groups in total. The minimum Gasteiger partial charge on any atom is -0.454 e. The third kappa shape index (κ3) is 5.25. The molecule has 0 unspecified atom stereocenters. The first-order valence-electron chi connectivity index (χ1n) is 20.9. The van der Waals surface area contributed by atoms with Gasteiger partial charge in [-0.2, -0.15) is 9.97 Å². The van der Waals surface area contributed by atoms with Crippen molar-refractivity contribution >= 4 is 76.1 Å². The number of hydrogen-bond donors (Lipinski definition) is 0. The topological polar surface area (TPSA) is 56.7 Å². The van der Waals surface area contributed by atoms with Crippen LogP contribution < -0.4 is 0 Å². The number of nitrogens with zero attached hydrogens (tertiary/aromatic N) is 4. The molecule has 0 atom stereocenters. The molecule has 13 aromatic rings. The molecule has 0 fully saturated rings. The highest BCUT2D eigenvalue weighted by molar-refractivity contribution is 6.27. The van der Waals surface area contributed by atoms with Crippen molar-refractivity contribution < 1.29 is 4.42 Å². The Morgan fingerprint density at radius 2 is 0.839 bits per heavy atom. The van der Waals surface area contributed by atoms with Crippen LogP contribution in [0.1, 0.15) is 0 Å². The lowest BCUT2D eigenvalue weighted by Crippen LogP contribution is -2.06. The summed E-state index contributed by atoms with van der Waals surface area (Å²) in [5.41, 5.74) is 9.90. The first kappa shape index (κ1) is 34.5. The van der Waals surface area contributed by atoms with Gasteiger partial charge < -0.3 is 4.42 Å². The largest absolute Gasteiger partial charge is 0.454 e. The van der Waals surface area contributed by atoms with E-state index < -0.39 is 0 Å². The zero-order chi connectivity index (χ0) is 40.7. The third-order valence-electron chi connectivity index (χ3n) is 12.4. The number of aromatic nitrogens is 4. The zero-order valence-electron chi connectivity index (χ0n) is 33.3. The molecule has 0 amide bonds. The molecule has 0 aliphatic rings. The van der Waals surface area contributed by atoms with Gasteiger partial charge in [-0.15, -0.1) is 0 Å². The minimum atomic E-state index is 0.523. The molecule has 5 nitrogen and oxygen atoms in total. The highest BCUT2D eigenvalue weighted by Gasteiger charge is 2.25. The Labute approximate surface area is 355 Å². The van der Waals surface area contributed by atoms with Crippen LogP contribution in [-0.2, 0) is 0 Å². The summed E-state index contributed by atoms with van der Waals surface area (Å²) in [4.78, 5) is 15.5. The summed E-state index contributed by atoms with van der Waals surface area (Å²) in [6.45, 7) is 0. The second-order valence-corrected chi connectivity index (χ2v) is 15.9. The lowest BCUT2D eigenvalue weighted by molar-refractivity contribution is 0.670. The maximum atomic E-state index is 6.86. The summed E-state index contributed by atoms with van der Waals surface area (Å²) in [5.74, 6) is 1.72. The summed E-state index contributed by atoms with van der Waals surface area (Å²) >= 11 is 0. The van der Waals surface area contributed by atoms with Crippen LogP contribution >= 0.6 is 0 Å². The number of furan rings is 1. The molecular weight excluding hydrogens is 757 g/mol. The van der Waals surface area contributed by atoms with E-state index in [0.717, 1.165) is 71.6 Å². The molecule has 3 heterocycles. The smallest absolute Gasteiger partial charge is 0.238 e. The van der Waals surface area contributed by atoms with Gasteiger partial charge in [0.05, 0.1) is 5.52 Å². The highest BCUT2D eigenvalue weighted by atomic mass is 16.3. The first-order chi connectivity index (χ1) is 30.7. The second kappa shape index (κ2) is 13.6. The van der Waals surface area contributed by atoms with Crippen molar-refractivity contribution in [3.05, 3.63) is 206 Å². The van der Waals surface area contributed by atoms with E-state index in [1.165, 1.54) is 37.9 Å². The first-order valence-corrected chi connectivity index (χ1v) is 20.9. The van der Waals surface area contributed by atoms with Crippen LogP contribution in [0.3, 0.4) is 0 Å². The predicted molar refractivity (Wildman–Crippen MR) is 256 cm³/mol. The van der Waals surface area contributed by atoms with Gasteiger partial charge in [-0.05, 0) is 78.8 Å². The van der Waals surface area contributed by atoms with Gasteiger partial charge in [0.25, 0.3) is 0 Å². The van der Waals surface area contributed by atoms with Crippen molar-refractivity contribution in [2.75, 3.05) is 0 Å². The average molecular weight is 791 g/mol. The fourth-order valence-corrected chi connectivity index (χ4v) is 9.59. The fraction of sp³-hybridized carbons (Fsp3) is 0. The monoisotopic (exact) mass is 790 g/mol. The molecule has 0 radical (unpaired) electrons. The molecule has 0 saturated carbocycles. The van der Waals surface area contributed by atoms with Crippen LogP contribution in [0.5, 0.6) is 0 Å². The second-order valence-electron chi connectivity index (χ2n) is 15.9. The average Bonchev–Trinajstić information content (AvgIpc) is 3.90. The van der Waals surface area contributed by atoms with Gasteiger partial charge in [0, 0.05) is 32.7 Å². The van der Waals surface area contributed by atoms with E-state index in [-0.39, 0.29) is 0 Å². The molecule has 5 heteroatoms. The summed E-state index contributed by atoms with van der Waals surface area (Å²) in [6, 6.07) is 72.8. The Balaban J connectivity index is 1.05. The maximum Gasteiger partial charge on any atom is 0.238 e. The lowest BCUT2D eigenvalue weighted by atomic mass is 9.91. The van der Waals surface area contributed by atoms with E-state index in [2.05, 4.69) is 138 Å². The molecule has 0 aliphatic heterocycles. The normalized spacial score (nSPS) is 11.9. The van der Waals surface area contributed by atoms with Crippen LogP contribution in [0.15, 0.2) is 211 Å². The van der Waals surface area contributed by atoms with E-state index >= 15 is 0 Å². The van der Waals surface area contributed by atoms with Crippen molar-refractivity contribution in [2.24, 2.45) is 0 Å². The molecule has 0 spiro atoms. The lowest BCUT2D eigenvalue weighted by Gasteiger charge is -2.13. The molecule has 0 aliphatic carbocycles. The summed E-state index contributed by atoms with van der Waals surface area (Å²) in [6.07, 6.45) is 0. The van der Waals surface area contributed by atoms with Crippen LogP contribution in [0.25, 0.3) is 127 Å². The quantitative estimate of drug-likeness (QED) is 0.163. The Hall–Kier alpha value is -8.41. The van der Waals surface area contributed by atoms with Crippen molar-refractivity contribution in [3.63, 3.8) is 0 Å². The highest BCUT2D eigenvalue weighted by Crippen LogP contribution is 2.46.